The second-order valence-corrected chi connectivity index (χ2v) is 3.17. The Hall–Kier alpha value is -2.22. The second-order valence-electron chi connectivity index (χ2n) is 3.17. The number of rotatable bonds is 4. The van der Waals surface area contributed by atoms with Gasteiger partial charge >= 0.3 is 5.97 Å². The topological polar surface area (TPSA) is 67.2 Å². The predicted octanol–water partition coefficient (Wildman–Crippen LogP) is 1.57. The highest BCUT2D eigenvalue weighted by atomic mass is 19.1. The van der Waals surface area contributed by atoms with Crippen molar-refractivity contribution in [3.05, 3.63) is 35.6 Å². The third-order valence-corrected chi connectivity index (χ3v) is 2.08. The van der Waals surface area contributed by atoms with Gasteiger partial charge in [0.15, 0.2) is 0 Å². The fraction of sp³-hybridized carbons (Fsp3) is 0.250. The molecule has 0 spiro atoms. The van der Waals surface area contributed by atoms with Crippen LogP contribution in [-0.2, 0) is 14.3 Å². The maximum Gasteiger partial charge on any atom is 0.376 e. The Morgan fingerprint density at radius 1 is 1.47 bits per heavy atom. The van der Waals surface area contributed by atoms with E-state index in [1.807, 2.05) is 0 Å². The number of carbonyl (C=O) groups is 2. The maximum atomic E-state index is 13.4. The monoisotopic (exact) mass is 235 g/mol. The number of ether oxygens (including phenoxy) is 1. The molecule has 1 rings (SSSR count). The van der Waals surface area contributed by atoms with E-state index in [0.717, 1.165) is 6.07 Å². The van der Waals surface area contributed by atoms with E-state index in [1.165, 1.54) is 25.1 Å². The van der Waals surface area contributed by atoms with Crippen LogP contribution in [0.15, 0.2) is 24.3 Å². The van der Waals surface area contributed by atoms with Crippen LogP contribution in [0.1, 0.15) is 18.4 Å². The van der Waals surface area contributed by atoms with E-state index in [2.05, 4.69) is 4.74 Å². The minimum Gasteiger partial charge on any atom is -0.460 e. The number of benzene rings is 1. The van der Waals surface area contributed by atoms with Crippen LogP contribution in [0.4, 0.5) is 4.39 Å². The number of halogens is 1. The lowest BCUT2D eigenvalue weighted by atomic mass is 9.96. The van der Waals surface area contributed by atoms with Gasteiger partial charge in [-0.2, -0.15) is 5.26 Å². The summed E-state index contributed by atoms with van der Waals surface area (Å²) in [7, 11) is 0. The van der Waals surface area contributed by atoms with Crippen molar-refractivity contribution in [1.29, 1.82) is 5.26 Å². The van der Waals surface area contributed by atoms with Crippen LogP contribution in [0.5, 0.6) is 0 Å². The normalized spacial score (nSPS) is 11.4. The molecule has 0 aliphatic carbocycles. The van der Waals surface area contributed by atoms with Crippen LogP contribution in [0.25, 0.3) is 0 Å². The highest BCUT2D eigenvalue weighted by molar-refractivity contribution is 6.36. The Kier molecular flexibility index (Phi) is 4.35. The summed E-state index contributed by atoms with van der Waals surface area (Å²) in [5.74, 6) is -4.34. The van der Waals surface area contributed by atoms with E-state index in [0.29, 0.717) is 0 Å². The minimum absolute atomic E-state index is 0.0278. The van der Waals surface area contributed by atoms with Crippen LogP contribution in [0, 0.1) is 17.1 Å². The molecule has 17 heavy (non-hydrogen) atoms. The lowest BCUT2D eigenvalue weighted by Gasteiger charge is -2.08. The third-order valence-electron chi connectivity index (χ3n) is 2.08. The van der Waals surface area contributed by atoms with Gasteiger partial charge in [-0.1, -0.05) is 18.2 Å². The SMILES string of the molecule is CCOC(=O)C(=O)C(C#N)c1ccccc1F. The first-order chi connectivity index (χ1) is 8.11. The highest BCUT2D eigenvalue weighted by Crippen LogP contribution is 2.19. The van der Waals surface area contributed by atoms with Crippen molar-refractivity contribution in [3.8, 4) is 6.07 Å². The third kappa shape index (κ3) is 2.88. The largest absolute Gasteiger partial charge is 0.460 e. The molecule has 0 amide bonds. The van der Waals surface area contributed by atoms with Gasteiger partial charge in [0, 0.05) is 5.56 Å². The molecule has 0 aliphatic rings. The molecule has 1 unspecified atom stereocenters. The molecular weight excluding hydrogens is 225 g/mol. The molecule has 1 atom stereocenters. The molecule has 1 aromatic rings. The summed E-state index contributed by atoms with van der Waals surface area (Å²) in [6, 6.07) is 6.94. The first-order valence-corrected chi connectivity index (χ1v) is 4.96. The Labute approximate surface area is 97.6 Å². The number of carbonyl (C=O) groups excluding carboxylic acids is 2. The number of Topliss-reactive ketones (excluding diaryl/α,β-unsaturated/α-hetero) is 1. The molecule has 4 nitrogen and oxygen atoms in total. The molecule has 1 aromatic carbocycles. The first kappa shape index (κ1) is 12.8. The van der Waals surface area contributed by atoms with Crippen molar-refractivity contribution in [1.82, 2.24) is 0 Å². The Bertz CT molecular complexity index is 479. The van der Waals surface area contributed by atoms with Crippen molar-refractivity contribution >= 4 is 11.8 Å². The summed E-state index contributed by atoms with van der Waals surface area (Å²) < 4.78 is 17.9. The smallest absolute Gasteiger partial charge is 0.376 e. The van der Waals surface area contributed by atoms with Crippen LogP contribution < -0.4 is 0 Å². The molecule has 0 aliphatic heterocycles. The van der Waals surface area contributed by atoms with Gasteiger partial charge in [-0.3, -0.25) is 4.79 Å². The molecule has 5 heteroatoms. The van der Waals surface area contributed by atoms with Gasteiger partial charge < -0.3 is 4.74 Å². The number of ketones is 1. The molecule has 0 saturated carbocycles. The summed E-state index contributed by atoms with van der Waals surface area (Å²) in [5, 5.41) is 8.85. The number of esters is 1. The van der Waals surface area contributed by atoms with Crippen LogP contribution >= 0.6 is 0 Å². The number of hydrogen-bond acceptors (Lipinski definition) is 4. The van der Waals surface area contributed by atoms with Crippen LogP contribution in [0.3, 0.4) is 0 Å². The van der Waals surface area contributed by atoms with Crippen molar-refractivity contribution < 1.29 is 18.7 Å². The zero-order chi connectivity index (χ0) is 12.8. The van der Waals surface area contributed by atoms with Gasteiger partial charge in [0.25, 0.3) is 5.78 Å². The van der Waals surface area contributed by atoms with E-state index in [4.69, 9.17) is 5.26 Å². The summed E-state index contributed by atoms with van der Waals surface area (Å²) >= 11 is 0. The highest BCUT2D eigenvalue weighted by Gasteiger charge is 2.29. The maximum absolute atomic E-state index is 13.4. The Balaban J connectivity index is 3.02. The summed E-state index contributed by atoms with van der Waals surface area (Å²) in [4.78, 5) is 22.7. The van der Waals surface area contributed by atoms with E-state index in [-0.39, 0.29) is 12.2 Å². The average molecular weight is 235 g/mol. The van der Waals surface area contributed by atoms with E-state index in [1.54, 1.807) is 6.07 Å². The molecule has 0 radical (unpaired) electrons. The minimum atomic E-state index is -1.46. The standard InChI is InChI=1S/C12H10FNO3/c1-2-17-12(16)11(15)9(7-14)8-5-3-4-6-10(8)13/h3-6,9H,2H2,1H3. The lowest BCUT2D eigenvalue weighted by Crippen LogP contribution is -2.24. The van der Waals surface area contributed by atoms with Crippen molar-refractivity contribution in [2.24, 2.45) is 0 Å². The molecule has 0 fully saturated rings. The average Bonchev–Trinajstić information content (AvgIpc) is 2.32. The molecule has 0 bridgehead atoms. The Morgan fingerprint density at radius 2 is 2.12 bits per heavy atom. The van der Waals surface area contributed by atoms with E-state index >= 15 is 0 Å². The quantitative estimate of drug-likeness (QED) is 0.586. The molecule has 0 aromatic heterocycles. The van der Waals surface area contributed by atoms with Gasteiger partial charge in [-0.15, -0.1) is 0 Å². The van der Waals surface area contributed by atoms with Crippen LogP contribution in [0.2, 0.25) is 0 Å². The van der Waals surface area contributed by atoms with Crippen molar-refractivity contribution in [3.63, 3.8) is 0 Å². The summed E-state index contributed by atoms with van der Waals surface area (Å²) in [5.41, 5.74) is -0.118. The zero-order valence-electron chi connectivity index (χ0n) is 9.14. The molecule has 88 valence electrons. The number of hydrogen-bond donors (Lipinski definition) is 0. The summed E-state index contributed by atoms with van der Waals surface area (Å²) in [6.45, 7) is 1.57. The summed E-state index contributed by atoms with van der Waals surface area (Å²) in [6.07, 6.45) is 0. The van der Waals surface area contributed by atoms with Gasteiger partial charge in [0.1, 0.15) is 11.7 Å². The van der Waals surface area contributed by atoms with Gasteiger partial charge in [0.2, 0.25) is 0 Å². The van der Waals surface area contributed by atoms with Gasteiger partial charge in [0.05, 0.1) is 12.7 Å². The molecular formula is C12H10FNO3. The lowest BCUT2D eigenvalue weighted by molar-refractivity contribution is -0.153. The van der Waals surface area contributed by atoms with Crippen molar-refractivity contribution in [2.75, 3.05) is 6.61 Å². The van der Waals surface area contributed by atoms with Gasteiger partial charge in [-0.25, -0.2) is 9.18 Å². The number of nitriles is 1. The van der Waals surface area contributed by atoms with Gasteiger partial charge in [-0.05, 0) is 13.0 Å². The second kappa shape index (κ2) is 5.75. The first-order valence-electron chi connectivity index (χ1n) is 4.96. The molecule has 0 saturated heterocycles. The fourth-order valence-electron chi connectivity index (χ4n) is 1.30. The van der Waals surface area contributed by atoms with E-state index < -0.39 is 23.5 Å². The zero-order valence-corrected chi connectivity index (χ0v) is 9.14. The predicted molar refractivity (Wildman–Crippen MR) is 56.4 cm³/mol. The number of nitrogens with zero attached hydrogens (tertiary/aromatic N) is 1. The Morgan fingerprint density at radius 3 is 2.65 bits per heavy atom. The van der Waals surface area contributed by atoms with Crippen molar-refractivity contribution in [2.45, 2.75) is 12.8 Å². The van der Waals surface area contributed by atoms with E-state index in [9.17, 15) is 14.0 Å². The molecule has 0 heterocycles. The van der Waals surface area contributed by atoms with Crippen LogP contribution in [-0.4, -0.2) is 18.4 Å². The molecule has 0 N–H and O–H groups in total. The fourth-order valence-corrected chi connectivity index (χ4v) is 1.30.